The molecule has 3 rings (SSSR count). The van der Waals surface area contributed by atoms with Crippen LogP contribution in [0.15, 0.2) is 24.3 Å². The van der Waals surface area contributed by atoms with Gasteiger partial charge in [-0.3, -0.25) is 0 Å². The Hall–Kier alpha value is -1.35. The van der Waals surface area contributed by atoms with Crippen LogP contribution in [0.5, 0.6) is 0 Å². The quantitative estimate of drug-likeness (QED) is 0.885. The van der Waals surface area contributed by atoms with Gasteiger partial charge >= 0.3 is 0 Å². The molecule has 0 amide bonds. The second-order valence-corrected chi connectivity index (χ2v) is 6.01. The van der Waals surface area contributed by atoms with E-state index in [-0.39, 0.29) is 0 Å². The van der Waals surface area contributed by atoms with Crippen LogP contribution >= 0.6 is 0 Å². The van der Waals surface area contributed by atoms with E-state index in [4.69, 9.17) is 10.7 Å². The number of hydrogen-bond acceptors (Lipinski definition) is 2. The number of nitrogens with two attached hydrogens (primary N) is 1. The molecule has 1 heterocycles. The molecule has 3 unspecified atom stereocenters. The molecule has 0 bridgehead atoms. The predicted molar refractivity (Wildman–Crippen MR) is 79.0 cm³/mol. The number of benzene rings is 1. The first-order valence-corrected chi connectivity index (χ1v) is 7.42. The first-order chi connectivity index (χ1) is 9.28. The fourth-order valence-corrected chi connectivity index (χ4v) is 3.52. The van der Waals surface area contributed by atoms with Crippen molar-refractivity contribution in [1.29, 1.82) is 0 Å². The fraction of sp³-hybridized carbons (Fsp3) is 0.562. The number of hydrogen-bond donors (Lipinski definition) is 2. The minimum atomic E-state index is 0.384. The van der Waals surface area contributed by atoms with E-state index in [9.17, 15) is 0 Å². The summed E-state index contributed by atoms with van der Waals surface area (Å²) in [6.45, 7) is 3.05. The number of para-hydroxylation sites is 2. The van der Waals surface area contributed by atoms with E-state index in [2.05, 4.69) is 24.0 Å². The molecule has 3 atom stereocenters. The van der Waals surface area contributed by atoms with Crippen molar-refractivity contribution in [2.24, 2.45) is 17.6 Å². The highest BCUT2D eigenvalue weighted by molar-refractivity contribution is 5.74. The molecule has 1 aliphatic carbocycles. The highest BCUT2D eigenvalue weighted by atomic mass is 14.9. The van der Waals surface area contributed by atoms with Crippen molar-refractivity contribution in [2.45, 2.75) is 38.5 Å². The molecule has 1 fully saturated rings. The standard InChI is InChI=1S/C16H23N3/c1-11-5-4-6-12(9-11)13(10-17)16-18-14-7-2-3-8-15(14)19-16/h2-3,7-8,11-13H,4-6,9-10,17H2,1H3,(H,18,19). The third-order valence-electron chi connectivity index (χ3n) is 4.56. The Morgan fingerprint density at radius 3 is 2.95 bits per heavy atom. The molecule has 3 nitrogen and oxygen atoms in total. The van der Waals surface area contributed by atoms with Gasteiger partial charge in [-0.2, -0.15) is 0 Å². The van der Waals surface area contributed by atoms with Gasteiger partial charge < -0.3 is 10.7 Å². The van der Waals surface area contributed by atoms with Gasteiger partial charge in [0.1, 0.15) is 5.82 Å². The van der Waals surface area contributed by atoms with Gasteiger partial charge in [0.15, 0.2) is 0 Å². The van der Waals surface area contributed by atoms with Gasteiger partial charge in [-0.05, 0) is 36.8 Å². The van der Waals surface area contributed by atoms with Crippen LogP contribution < -0.4 is 5.73 Å². The van der Waals surface area contributed by atoms with E-state index >= 15 is 0 Å². The molecule has 0 spiro atoms. The fourth-order valence-electron chi connectivity index (χ4n) is 3.52. The molecule has 1 aromatic heterocycles. The van der Waals surface area contributed by atoms with Crippen LogP contribution in [0.3, 0.4) is 0 Å². The zero-order chi connectivity index (χ0) is 13.2. The average Bonchev–Trinajstić information content (AvgIpc) is 2.83. The lowest BCUT2D eigenvalue weighted by Crippen LogP contribution is -2.26. The minimum absolute atomic E-state index is 0.384. The zero-order valence-electron chi connectivity index (χ0n) is 11.6. The van der Waals surface area contributed by atoms with Gasteiger partial charge in [0.25, 0.3) is 0 Å². The molecule has 1 aromatic carbocycles. The van der Waals surface area contributed by atoms with Crippen LogP contribution in [-0.4, -0.2) is 16.5 Å². The summed E-state index contributed by atoms with van der Waals surface area (Å²) >= 11 is 0. The van der Waals surface area contributed by atoms with Crippen molar-refractivity contribution in [3.8, 4) is 0 Å². The Morgan fingerprint density at radius 2 is 2.21 bits per heavy atom. The molecule has 1 saturated carbocycles. The zero-order valence-corrected chi connectivity index (χ0v) is 11.6. The van der Waals surface area contributed by atoms with Crippen molar-refractivity contribution in [3.63, 3.8) is 0 Å². The first kappa shape index (κ1) is 12.7. The number of rotatable bonds is 3. The van der Waals surface area contributed by atoms with Gasteiger partial charge in [-0.1, -0.05) is 31.9 Å². The van der Waals surface area contributed by atoms with E-state index in [1.807, 2.05) is 12.1 Å². The number of H-pyrrole nitrogens is 1. The summed E-state index contributed by atoms with van der Waals surface area (Å²) in [5.41, 5.74) is 8.22. The van der Waals surface area contributed by atoms with Crippen molar-refractivity contribution < 1.29 is 0 Å². The van der Waals surface area contributed by atoms with Crippen molar-refractivity contribution in [2.75, 3.05) is 6.54 Å². The molecule has 102 valence electrons. The normalized spacial score (nSPS) is 25.6. The molecule has 3 heteroatoms. The number of nitrogens with one attached hydrogen (secondary N) is 1. The van der Waals surface area contributed by atoms with Gasteiger partial charge in [-0.25, -0.2) is 4.98 Å². The second-order valence-electron chi connectivity index (χ2n) is 6.01. The van der Waals surface area contributed by atoms with E-state index in [0.717, 1.165) is 22.8 Å². The lowest BCUT2D eigenvalue weighted by molar-refractivity contribution is 0.244. The third-order valence-corrected chi connectivity index (χ3v) is 4.56. The number of aromatic nitrogens is 2. The van der Waals surface area contributed by atoms with Gasteiger partial charge in [-0.15, -0.1) is 0 Å². The molecule has 0 radical (unpaired) electrons. The number of nitrogens with zero attached hydrogens (tertiary/aromatic N) is 1. The molecular weight excluding hydrogens is 234 g/mol. The summed E-state index contributed by atoms with van der Waals surface area (Å²) in [6.07, 6.45) is 5.29. The Balaban J connectivity index is 1.88. The number of imidazole rings is 1. The Kier molecular flexibility index (Phi) is 3.56. The first-order valence-electron chi connectivity index (χ1n) is 7.42. The van der Waals surface area contributed by atoms with Crippen LogP contribution in [0.4, 0.5) is 0 Å². The number of aromatic amines is 1. The monoisotopic (exact) mass is 257 g/mol. The molecule has 2 aromatic rings. The van der Waals surface area contributed by atoms with Crippen LogP contribution in [-0.2, 0) is 0 Å². The van der Waals surface area contributed by atoms with Crippen molar-refractivity contribution in [1.82, 2.24) is 9.97 Å². The van der Waals surface area contributed by atoms with Gasteiger partial charge in [0.2, 0.25) is 0 Å². The van der Waals surface area contributed by atoms with Gasteiger partial charge in [0.05, 0.1) is 11.0 Å². The molecule has 0 saturated heterocycles. The van der Waals surface area contributed by atoms with E-state index in [1.165, 1.54) is 25.7 Å². The van der Waals surface area contributed by atoms with Crippen molar-refractivity contribution >= 4 is 11.0 Å². The summed E-state index contributed by atoms with van der Waals surface area (Å²) in [6, 6.07) is 8.23. The molecule has 0 aliphatic heterocycles. The summed E-state index contributed by atoms with van der Waals surface area (Å²) in [5, 5.41) is 0. The SMILES string of the molecule is CC1CCCC(C(CN)c2nc3ccccc3[nH]2)C1. The topological polar surface area (TPSA) is 54.7 Å². The smallest absolute Gasteiger partial charge is 0.111 e. The second kappa shape index (κ2) is 5.33. The molecule has 3 N–H and O–H groups in total. The Morgan fingerprint density at radius 1 is 1.37 bits per heavy atom. The lowest BCUT2D eigenvalue weighted by atomic mass is 9.75. The van der Waals surface area contributed by atoms with Crippen LogP contribution in [0.2, 0.25) is 0 Å². The maximum atomic E-state index is 6.04. The minimum Gasteiger partial charge on any atom is -0.342 e. The maximum absolute atomic E-state index is 6.04. The lowest BCUT2D eigenvalue weighted by Gasteiger charge is -2.31. The maximum Gasteiger partial charge on any atom is 0.111 e. The highest BCUT2D eigenvalue weighted by Crippen LogP contribution is 2.37. The van der Waals surface area contributed by atoms with Crippen LogP contribution in [0, 0.1) is 11.8 Å². The highest BCUT2D eigenvalue weighted by Gasteiger charge is 2.28. The van der Waals surface area contributed by atoms with Crippen molar-refractivity contribution in [3.05, 3.63) is 30.1 Å². The summed E-state index contributed by atoms with van der Waals surface area (Å²) in [7, 11) is 0. The molecular formula is C16H23N3. The number of fused-ring (bicyclic) bond motifs is 1. The Bertz CT molecular complexity index is 513. The van der Waals surface area contributed by atoms with Gasteiger partial charge in [0, 0.05) is 12.5 Å². The summed E-state index contributed by atoms with van der Waals surface area (Å²) < 4.78 is 0. The third kappa shape index (κ3) is 2.52. The summed E-state index contributed by atoms with van der Waals surface area (Å²) in [5.74, 6) is 2.99. The molecule has 1 aliphatic rings. The van der Waals surface area contributed by atoms with E-state index < -0.39 is 0 Å². The van der Waals surface area contributed by atoms with Crippen LogP contribution in [0.1, 0.15) is 44.3 Å². The van der Waals surface area contributed by atoms with E-state index in [1.54, 1.807) is 0 Å². The Labute approximate surface area is 114 Å². The van der Waals surface area contributed by atoms with E-state index in [0.29, 0.717) is 18.4 Å². The largest absolute Gasteiger partial charge is 0.342 e. The average molecular weight is 257 g/mol. The van der Waals surface area contributed by atoms with Crippen LogP contribution in [0.25, 0.3) is 11.0 Å². The molecule has 19 heavy (non-hydrogen) atoms. The summed E-state index contributed by atoms with van der Waals surface area (Å²) in [4.78, 5) is 8.22. The predicted octanol–water partition coefficient (Wildman–Crippen LogP) is 3.43.